The van der Waals surface area contributed by atoms with Crippen LogP contribution in [0.1, 0.15) is 31.9 Å². The van der Waals surface area contributed by atoms with E-state index in [1.165, 1.54) is 24.3 Å². The highest BCUT2D eigenvalue weighted by atomic mass is 19.3. The number of hydrogen-bond acceptors (Lipinski definition) is 4. The minimum Gasteiger partial charge on any atom is -0.466 e. The van der Waals surface area contributed by atoms with Gasteiger partial charge in [0.2, 0.25) is 0 Å². The molecule has 112 valence electrons. The van der Waals surface area contributed by atoms with Gasteiger partial charge in [-0.3, -0.25) is 4.79 Å². The van der Waals surface area contributed by atoms with Gasteiger partial charge in [0, 0.05) is 0 Å². The van der Waals surface area contributed by atoms with Crippen molar-refractivity contribution in [3.63, 3.8) is 0 Å². The van der Waals surface area contributed by atoms with Crippen LogP contribution in [-0.2, 0) is 9.53 Å². The Hall–Kier alpha value is -1.69. The molecule has 20 heavy (non-hydrogen) atoms. The van der Waals surface area contributed by atoms with E-state index in [9.17, 15) is 18.7 Å². The van der Waals surface area contributed by atoms with Gasteiger partial charge in [-0.2, -0.15) is 8.78 Å². The third-order valence-electron chi connectivity index (χ3n) is 2.86. The molecule has 1 rings (SSSR count). The molecule has 1 aromatic carbocycles. The van der Waals surface area contributed by atoms with Crippen molar-refractivity contribution in [3.8, 4) is 5.75 Å². The molecule has 0 saturated carbocycles. The van der Waals surface area contributed by atoms with E-state index in [1.54, 1.807) is 13.8 Å². The molecule has 6 heteroatoms. The van der Waals surface area contributed by atoms with Crippen LogP contribution in [0, 0.1) is 5.92 Å². The first-order chi connectivity index (χ1) is 9.49. The highest BCUT2D eigenvalue weighted by molar-refractivity contribution is 5.73. The largest absolute Gasteiger partial charge is 0.466 e. The Morgan fingerprint density at radius 1 is 1.25 bits per heavy atom. The molecule has 1 N–H and O–H groups in total. The first-order valence-corrected chi connectivity index (χ1v) is 6.39. The average Bonchev–Trinajstić information content (AvgIpc) is 2.40. The normalized spacial score (nSPS) is 13.9. The molecule has 0 spiro atoms. The van der Waals surface area contributed by atoms with Gasteiger partial charge in [0.25, 0.3) is 0 Å². The van der Waals surface area contributed by atoms with E-state index in [1.807, 2.05) is 0 Å². The first kappa shape index (κ1) is 16.4. The maximum Gasteiger partial charge on any atom is 0.387 e. The quantitative estimate of drug-likeness (QED) is 0.784. The van der Waals surface area contributed by atoms with Gasteiger partial charge in [0.1, 0.15) is 5.75 Å². The maximum absolute atomic E-state index is 12.0. The number of halogens is 2. The van der Waals surface area contributed by atoms with E-state index in [2.05, 4.69) is 4.74 Å². The van der Waals surface area contributed by atoms with Crippen molar-refractivity contribution in [3.05, 3.63) is 29.8 Å². The zero-order valence-electron chi connectivity index (χ0n) is 11.4. The smallest absolute Gasteiger partial charge is 0.387 e. The molecule has 0 aliphatic carbocycles. The molecule has 0 aliphatic heterocycles. The second-order valence-corrected chi connectivity index (χ2v) is 4.16. The molecule has 0 saturated heterocycles. The summed E-state index contributed by atoms with van der Waals surface area (Å²) in [5, 5.41) is 10.2. The van der Waals surface area contributed by atoms with Gasteiger partial charge in [-0.05, 0) is 31.0 Å². The van der Waals surface area contributed by atoms with Crippen LogP contribution in [0.3, 0.4) is 0 Å². The lowest BCUT2D eigenvalue weighted by atomic mass is 9.93. The van der Waals surface area contributed by atoms with Crippen LogP contribution >= 0.6 is 0 Å². The van der Waals surface area contributed by atoms with Gasteiger partial charge in [-0.15, -0.1) is 0 Å². The number of ether oxygens (including phenoxy) is 2. The van der Waals surface area contributed by atoms with E-state index in [0.717, 1.165) is 0 Å². The Morgan fingerprint density at radius 3 is 2.30 bits per heavy atom. The zero-order valence-corrected chi connectivity index (χ0v) is 11.4. The Morgan fingerprint density at radius 2 is 1.85 bits per heavy atom. The van der Waals surface area contributed by atoms with Gasteiger partial charge in [0.15, 0.2) is 0 Å². The summed E-state index contributed by atoms with van der Waals surface area (Å²) >= 11 is 0. The summed E-state index contributed by atoms with van der Waals surface area (Å²) in [5.41, 5.74) is 0.450. The lowest BCUT2D eigenvalue weighted by Crippen LogP contribution is -2.24. The summed E-state index contributed by atoms with van der Waals surface area (Å²) in [5.74, 6) is -1.16. The number of carbonyl (C=O) groups is 1. The number of rotatable bonds is 7. The maximum atomic E-state index is 12.0. The number of carbonyl (C=O) groups excluding carboxylic acids is 1. The van der Waals surface area contributed by atoms with Crippen LogP contribution in [0.5, 0.6) is 5.75 Å². The van der Waals surface area contributed by atoms with Crippen LogP contribution in [0.15, 0.2) is 24.3 Å². The Labute approximate surface area is 116 Å². The monoisotopic (exact) mass is 288 g/mol. The lowest BCUT2D eigenvalue weighted by Gasteiger charge is -2.20. The third kappa shape index (κ3) is 4.45. The van der Waals surface area contributed by atoms with E-state index in [-0.39, 0.29) is 12.4 Å². The minimum atomic E-state index is -2.89. The van der Waals surface area contributed by atoms with Crippen LogP contribution in [0.4, 0.5) is 8.78 Å². The summed E-state index contributed by atoms with van der Waals surface area (Å²) in [7, 11) is 0. The number of alkyl halides is 2. The van der Waals surface area contributed by atoms with Crippen molar-refractivity contribution in [1.29, 1.82) is 0 Å². The van der Waals surface area contributed by atoms with Crippen molar-refractivity contribution in [2.24, 2.45) is 5.92 Å². The fraction of sp³-hybridized carbons (Fsp3) is 0.500. The molecule has 0 aliphatic rings. The Balaban J connectivity index is 2.79. The van der Waals surface area contributed by atoms with Gasteiger partial charge in [0.05, 0.1) is 18.6 Å². The van der Waals surface area contributed by atoms with Crippen LogP contribution in [0.2, 0.25) is 0 Å². The van der Waals surface area contributed by atoms with E-state index < -0.39 is 24.6 Å². The summed E-state index contributed by atoms with van der Waals surface area (Å²) in [6, 6.07) is 5.54. The van der Waals surface area contributed by atoms with Crippen LogP contribution in [0.25, 0.3) is 0 Å². The Kier molecular flexibility index (Phi) is 6.38. The summed E-state index contributed by atoms with van der Waals surface area (Å²) in [4.78, 5) is 11.7. The van der Waals surface area contributed by atoms with Gasteiger partial charge >= 0.3 is 12.6 Å². The molecule has 0 heterocycles. The number of hydrogen-bond donors (Lipinski definition) is 1. The SMILES string of the molecule is CCOC(=O)C(CC)C(O)c1ccc(OC(F)F)cc1. The molecule has 4 nitrogen and oxygen atoms in total. The fourth-order valence-corrected chi connectivity index (χ4v) is 1.85. The van der Waals surface area contributed by atoms with Gasteiger partial charge in [-0.25, -0.2) is 0 Å². The molecule has 0 bridgehead atoms. The molecule has 2 atom stereocenters. The molecule has 0 amide bonds. The Bertz CT molecular complexity index is 420. The van der Waals surface area contributed by atoms with Crippen molar-refractivity contribution >= 4 is 5.97 Å². The van der Waals surface area contributed by atoms with E-state index in [4.69, 9.17) is 4.74 Å². The standard InChI is InChI=1S/C14H18F2O4/c1-3-11(13(18)19-4-2)12(17)9-5-7-10(8-6-9)20-14(15)16/h5-8,11-12,14,17H,3-4H2,1-2H3. The average molecular weight is 288 g/mol. The summed E-state index contributed by atoms with van der Waals surface area (Å²) in [6.07, 6.45) is -0.630. The molecular formula is C14H18F2O4. The second kappa shape index (κ2) is 7.79. The highest BCUT2D eigenvalue weighted by Gasteiger charge is 2.27. The number of aliphatic hydroxyl groups is 1. The number of benzene rings is 1. The summed E-state index contributed by atoms with van der Waals surface area (Å²) in [6.45, 7) is 0.796. The summed E-state index contributed by atoms with van der Waals surface area (Å²) < 4.78 is 33.1. The van der Waals surface area contributed by atoms with Gasteiger partial charge in [-0.1, -0.05) is 19.1 Å². The minimum absolute atomic E-state index is 0.000123. The van der Waals surface area contributed by atoms with Crippen LogP contribution in [-0.4, -0.2) is 24.3 Å². The molecule has 2 unspecified atom stereocenters. The first-order valence-electron chi connectivity index (χ1n) is 6.39. The van der Waals surface area contributed by atoms with Gasteiger partial charge < -0.3 is 14.6 Å². The molecule has 1 aromatic rings. The van der Waals surface area contributed by atoms with Crippen LogP contribution < -0.4 is 4.74 Å². The highest BCUT2D eigenvalue weighted by Crippen LogP contribution is 2.27. The van der Waals surface area contributed by atoms with Crippen molar-refractivity contribution in [2.45, 2.75) is 33.0 Å². The number of esters is 1. The fourth-order valence-electron chi connectivity index (χ4n) is 1.85. The second-order valence-electron chi connectivity index (χ2n) is 4.16. The molecular weight excluding hydrogens is 270 g/mol. The van der Waals surface area contributed by atoms with E-state index >= 15 is 0 Å². The molecule has 0 radical (unpaired) electrons. The predicted octanol–water partition coefficient (Wildman–Crippen LogP) is 2.91. The molecule has 0 aromatic heterocycles. The third-order valence-corrected chi connectivity index (χ3v) is 2.86. The zero-order chi connectivity index (χ0) is 15.1. The molecule has 0 fully saturated rings. The number of aliphatic hydroxyl groups excluding tert-OH is 1. The lowest BCUT2D eigenvalue weighted by molar-refractivity contribution is -0.152. The van der Waals surface area contributed by atoms with Crippen molar-refractivity contribution in [1.82, 2.24) is 0 Å². The topological polar surface area (TPSA) is 55.8 Å². The van der Waals surface area contributed by atoms with E-state index in [0.29, 0.717) is 12.0 Å². The van der Waals surface area contributed by atoms with Crippen molar-refractivity contribution < 1.29 is 28.2 Å². The van der Waals surface area contributed by atoms with Crippen molar-refractivity contribution in [2.75, 3.05) is 6.61 Å². The predicted molar refractivity (Wildman–Crippen MR) is 68.4 cm³/mol.